The van der Waals surface area contributed by atoms with Crippen molar-refractivity contribution in [2.24, 2.45) is 5.41 Å². The first-order valence-corrected chi connectivity index (χ1v) is 10.5. The Bertz CT molecular complexity index is 1000. The number of fused-ring (bicyclic) bond motifs is 1. The van der Waals surface area contributed by atoms with Gasteiger partial charge in [0, 0.05) is 36.0 Å². The molecule has 0 atom stereocenters. The van der Waals surface area contributed by atoms with E-state index in [1.165, 1.54) is 11.9 Å². The highest BCUT2D eigenvalue weighted by atomic mass is 32.1. The number of hydrogen-bond donors (Lipinski definition) is 1. The second kappa shape index (κ2) is 6.95. The lowest BCUT2D eigenvalue weighted by Crippen LogP contribution is -2.66. The first-order valence-electron chi connectivity index (χ1n) is 9.72. The van der Waals surface area contributed by atoms with Crippen LogP contribution in [0.5, 0.6) is 0 Å². The van der Waals surface area contributed by atoms with Gasteiger partial charge in [0.2, 0.25) is 0 Å². The molecule has 0 radical (unpaired) electrons. The average molecular weight is 418 g/mol. The monoisotopic (exact) mass is 418 g/mol. The van der Waals surface area contributed by atoms with E-state index in [0.717, 1.165) is 55.0 Å². The van der Waals surface area contributed by atoms with Crippen LogP contribution in [0, 0.1) is 5.41 Å². The normalized spacial score (nSPS) is 18.8. The Hall–Kier alpha value is -2.19. The number of hydrogen-bond acceptors (Lipinski definition) is 5. The standard InChI is InChI=1S/C21H21F3N4S/c22-21(23,24)9-16-6-17-18(26-13-27-19(17)29-16)28-11-20(12-28)7-15(8-20)25-10-14-4-2-1-3-5-14/h1-6,13,15,25H,7-12H2. The van der Waals surface area contributed by atoms with Crippen LogP contribution in [-0.4, -0.2) is 35.3 Å². The summed E-state index contributed by atoms with van der Waals surface area (Å²) in [4.78, 5) is 11.7. The Morgan fingerprint density at radius 1 is 1.14 bits per heavy atom. The molecule has 5 rings (SSSR count). The quantitative estimate of drug-likeness (QED) is 0.660. The molecule has 152 valence electrons. The van der Waals surface area contributed by atoms with Crippen LogP contribution in [0.25, 0.3) is 10.2 Å². The predicted octanol–water partition coefficient (Wildman–Crippen LogP) is 4.55. The van der Waals surface area contributed by atoms with E-state index in [1.54, 1.807) is 6.07 Å². The maximum atomic E-state index is 12.7. The van der Waals surface area contributed by atoms with E-state index >= 15 is 0 Å². The van der Waals surface area contributed by atoms with E-state index in [1.807, 2.05) is 6.07 Å². The number of thiophene rings is 1. The third-order valence-corrected chi connectivity index (χ3v) is 6.93. The molecule has 1 aliphatic carbocycles. The molecule has 1 N–H and O–H groups in total. The summed E-state index contributed by atoms with van der Waals surface area (Å²) in [5, 5.41) is 4.36. The smallest absolute Gasteiger partial charge is 0.355 e. The molecule has 0 bridgehead atoms. The number of nitrogens with one attached hydrogen (secondary N) is 1. The molecule has 29 heavy (non-hydrogen) atoms. The minimum atomic E-state index is -4.21. The maximum absolute atomic E-state index is 12.7. The topological polar surface area (TPSA) is 41.0 Å². The third kappa shape index (κ3) is 3.83. The van der Waals surface area contributed by atoms with Crippen LogP contribution >= 0.6 is 11.3 Å². The highest BCUT2D eigenvalue weighted by molar-refractivity contribution is 7.18. The van der Waals surface area contributed by atoms with Crippen LogP contribution in [0.1, 0.15) is 23.3 Å². The SMILES string of the molecule is FC(F)(F)Cc1cc2c(N3CC4(CC(NCc5ccccc5)C4)C3)ncnc2s1. The van der Waals surface area contributed by atoms with Crippen molar-refractivity contribution < 1.29 is 13.2 Å². The van der Waals surface area contributed by atoms with Crippen molar-refractivity contribution in [3.05, 3.63) is 53.2 Å². The average Bonchev–Trinajstić information content (AvgIpc) is 3.00. The van der Waals surface area contributed by atoms with Gasteiger partial charge in [0.15, 0.2) is 0 Å². The number of rotatable bonds is 5. The highest BCUT2D eigenvalue weighted by Crippen LogP contribution is 2.50. The van der Waals surface area contributed by atoms with Crippen LogP contribution in [0.4, 0.5) is 19.0 Å². The number of aromatic nitrogens is 2. The van der Waals surface area contributed by atoms with Gasteiger partial charge in [-0.3, -0.25) is 0 Å². The first kappa shape index (κ1) is 18.8. The third-order valence-electron chi connectivity index (χ3n) is 5.88. The van der Waals surface area contributed by atoms with Gasteiger partial charge in [0.1, 0.15) is 17.0 Å². The van der Waals surface area contributed by atoms with Crippen molar-refractivity contribution >= 4 is 27.4 Å². The fourth-order valence-corrected chi connectivity index (χ4v) is 5.61. The summed E-state index contributed by atoms with van der Waals surface area (Å²) in [5.74, 6) is 0.769. The molecule has 2 fully saturated rings. The molecule has 1 spiro atoms. The largest absolute Gasteiger partial charge is 0.393 e. The summed E-state index contributed by atoms with van der Waals surface area (Å²) in [6.45, 7) is 2.70. The molecule has 1 aromatic carbocycles. The minimum Gasteiger partial charge on any atom is -0.355 e. The second-order valence-electron chi connectivity index (χ2n) is 8.25. The molecular formula is C21H21F3N4S. The van der Waals surface area contributed by atoms with E-state index in [4.69, 9.17) is 0 Å². The van der Waals surface area contributed by atoms with Crippen LogP contribution in [-0.2, 0) is 13.0 Å². The van der Waals surface area contributed by atoms with Crippen molar-refractivity contribution in [3.8, 4) is 0 Å². The minimum absolute atomic E-state index is 0.290. The zero-order chi connectivity index (χ0) is 20.1. The van der Waals surface area contributed by atoms with Gasteiger partial charge >= 0.3 is 6.18 Å². The summed E-state index contributed by atoms with van der Waals surface area (Å²) in [5.41, 5.74) is 1.61. The van der Waals surface area contributed by atoms with Crippen LogP contribution in [0.15, 0.2) is 42.7 Å². The van der Waals surface area contributed by atoms with Gasteiger partial charge in [0.25, 0.3) is 0 Å². The lowest BCUT2D eigenvalue weighted by molar-refractivity contribution is -0.126. The Labute approximate surface area is 170 Å². The molecule has 3 heterocycles. The fraction of sp³-hybridized carbons (Fsp3) is 0.429. The van der Waals surface area contributed by atoms with Crippen LogP contribution < -0.4 is 10.2 Å². The van der Waals surface area contributed by atoms with Gasteiger partial charge in [-0.05, 0) is 24.5 Å². The molecule has 2 aliphatic rings. The molecule has 3 aromatic rings. The predicted molar refractivity (Wildman–Crippen MR) is 108 cm³/mol. The Balaban J connectivity index is 1.20. The maximum Gasteiger partial charge on any atom is 0.393 e. The molecule has 0 unspecified atom stereocenters. The van der Waals surface area contributed by atoms with Crippen molar-refractivity contribution in [1.82, 2.24) is 15.3 Å². The molecule has 8 heteroatoms. The summed E-state index contributed by atoms with van der Waals surface area (Å²) in [6.07, 6.45) is -1.39. The summed E-state index contributed by atoms with van der Waals surface area (Å²) >= 11 is 1.11. The fourth-order valence-electron chi connectivity index (χ4n) is 4.59. The lowest BCUT2D eigenvalue weighted by atomic mass is 9.60. The summed E-state index contributed by atoms with van der Waals surface area (Å²) in [7, 11) is 0. The molecule has 1 saturated carbocycles. The molecule has 1 saturated heterocycles. The van der Waals surface area contributed by atoms with Gasteiger partial charge in [-0.1, -0.05) is 30.3 Å². The zero-order valence-electron chi connectivity index (χ0n) is 15.7. The van der Waals surface area contributed by atoms with Crippen LogP contribution in [0.2, 0.25) is 0 Å². The van der Waals surface area contributed by atoms with E-state index in [9.17, 15) is 13.2 Å². The number of benzene rings is 1. The van der Waals surface area contributed by atoms with Crippen molar-refractivity contribution in [2.75, 3.05) is 18.0 Å². The van der Waals surface area contributed by atoms with Crippen molar-refractivity contribution in [2.45, 2.75) is 38.0 Å². The highest BCUT2D eigenvalue weighted by Gasteiger charge is 2.52. The van der Waals surface area contributed by atoms with E-state index in [-0.39, 0.29) is 0 Å². The van der Waals surface area contributed by atoms with Gasteiger partial charge < -0.3 is 10.2 Å². The van der Waals surface area contributed by atoms with Gasteiger partial charge in [-0.25, -0.2) is 9.97 Å². The molecule has 1 aliphatic heterocycles. The number of alkyl halides is 3. The number of halogens is 3. The number of nitrogens with zero attached hydrogens (tertiary/aromatic N) is 3. The van der Waals surface area contributed by atoms with Crippen LogP contribution in [0.3, 0.4) is 0 Å². The van der Waals surface area contributed by atoms with Gasteiger partial charge in [-0.2, -0.15) is 13.2 Å². The molecular weight excluding hydrogens is 397 g/mol. The summed E-state index contributed by atoms with van der Waals surface area (Å²) < 4.78 is 38.2. The second-order valence-corrected chi connectivity index (χ2v) is 9.36. The first-order chi connectivity index (χ1) is 13.9. The molecule has 0 amide bonds. The molecule has 4 nitrogen and oxygen atoms in total. The zero-order valence-corrected chi connectivity index (χ0v) is 16.6. The Morgan fingerprint density at radius 3 is 2.62 bits per heavy atom. The van der Waals surface area contributed by atoms with Crippen molar-refractivity contribution in [1.29, 1.82) is 0 Å². The lowest BCUT2D eigenvalue weighted by Gasteiger charge is -2.59. The molecule has 2 aromatic heterocycles. The summed E-state index contributed by atoms with van der Waals surface area (Å²) in [6, 6.07) is 12.5. The Morgan fingerprint density at radius 2 is 1.90 bits per heavy atom. The Kier molecular flexibility index (Phi) is 4.51. The number of anilines is 1. The van der Waals surface area contributed by atoms with Gasteiger partial charge in [-0.15, -0.1) is 11.3 Å². The van der Waals surface area contributed by atoms with Gasteiger partial charge in [0.05, 0.1) is 11.8 Å². The van der Waals surface area contributed by atoms with E-state index < -0.39 is 12.6 Å². The van der Waals surface area contributed by atoms with E-state index in [0.29, 0.717) is 21.2 Å². The van der Waals surface area contributed by atoms with E-state index in [2.05, 4.69) is 44.5 Å². The van der Waals surface area contributed by atoms with Crippen molar-refractivity contribution in [3.63, 3.8) is 0 Å².